The topological polar surface area (TPSA) is 76.4 Å². The molecule has 3 aromatic rings. The highest BCUT2D eigenvalue weighted by Gasteiger charge is 2.27. The highest BCUT2D eigenvalue weighted by Crippen LogP contribution is 2.43. The van der Waals surface area contributed by atoms with Crippen LogP contribution < -0.4 is 29.1 Å². The van der Waals surface area contributed by atoms with E-state index in [1.54, 1.807) is 18.2 Å². The average molecular weight is 424 g/mol. The second-order valence-electron chi connectivity index (χ2n) is 7.62. The van der Waals surface area contributed by atoms with Crippen molar-refractivity contribution < 1.29 is 28.1 Å². The predicted molar refractivity (Wildman–Crippen MR) is 118 cm³/mol. The van der Waals surface area contributed by atoms with Crippen LogP contribution in [-0.4, -0.2) is 34.0 Å². The van der Waals surface area contributed by atoms with Gasteiger partial charge in [-0.2, -0.15) is 0 Å². The first kappa shape index (κ1) is 20.7. The standard InChI is InChI=1S/C24H24O7/c1-24(2)8-7-13-17(31-24)11-20(29-6)21-22(25)15(12-30-23(13)21)14-9-18(27-4)19(28-5)10-16(14)26-3/h7-12H,1-6H3. The Morgan fingerprint density at radius 1 is 0.806 bits per heavy atom. The van der Waals surface area contributed by atoms with Crippen molar-refractivity contribution in [1.29, 1.82) is 0 Å². The lowest BCUT2D eigenvalue weighted by molar-refractivity contribution is 0.158. The summed E-state index contributed by atoms with van der Waals surface area (Å²) >= 11 is 0. The molecule has 0 atom stereocenters. The van der Waals surface area contributed by atoms with Crippen molar-refractivity contribution in [3.63, 3.8) is 0 Å². The fourth-order valence-corrected chi connectivity index (χ4v) is 3.70. The van der Waals surface area contributed by atoms with Gasteiger partial charge in [-0.3, -0.25) is 4.79 Å². The van der Waals surface area contributed by atoms with Crippen LogP contribution in [0.2, 0.25) is 0 Å². The Balaban J connectivity index is 2.02. The van der Waals surface area contributed by atoms with E-state index in [0.717, 1.165) is 0 Å². The van der Waals surface area contributed by atoms with Crippen molar-refractivity contribution in [1.82, 2.24) is 0 Å². The third-order valence-electron chi connectivity index (χ3n) is 5.25. The Hall–Kier alpha value is -3.61. The van der Waals surface area contributed by atoms with Crippen LogP contribution in [0.15, 0.2) is 39.7 Å². The molecule has 0 fully saturated rings. The molecule has 0 N–H and O–H groups in total. The number of benzene rings is 2. The number of methoxy groups -OCH3 is 4. The van der Waals surface area contributed by atoms with Gasteiger partial charge in [0.25, 0.3) is 0 Å². The molecule has 1 aliphatic rings. The van der Waals surface area contributed by atoms with Gasteiger partial charge in [-0.05, 0) is 32.1 Å². The minimum absolute atomic E-state index is 0.260. The number of rotatable bonds is 5. The summed E-state index contributed by atoms with van der Waals surface area (Å²) in [4.78, 5) is 13.6. The summed E-state index contributed by atoms with van der Waals surface area (Å²) < 4.78 is 33.8. The molecule has 0 bridgehead atoms. The Labute approximate surface area is 179 Å². The number of hydrogen-bond acceptors (Lipinski definition) is 7. The molecular formula is C24H24O7. The third kappa shape index (κ3) is 3.36. The molecule has 4 rings (SSSR count). The number of fused-ring (bicyclic) bond motifs is 3. The van der Waals surface area contributed by atoms with Crippen LogP contribution in [0.1, 0.15) is 19.4 Å². The van der Waals surface area contributed by atoms with Crippen LogP contribution in [0, 0.1) is 0 Å². The maximum Gasteiger partial charge on any atom is 0.204 e. The van der Waals surface area contributed by atoms with E-state index in [1.165, 1.54) is 34.7 Å². The van der Waals surface area contributed by atoms with Gasteiger partial charge in [-0.1, -0.05) is 0 Å². The van der Waals surface area contributed by atoms with Crippen molar-refractivity contribution in [3.8, 4) is 39.9 Å². The molecule has 7 heteroatoms. The van der Waals surface area contributed by atoms with Gasteiger partial charge in [0.15, 0.2) is 17.1 Å². The molecule has 0 radical (unpaired) electrons. The number of hydrogen-bond donors (Lipinski definition) is 0. The minimum Gasteiger partial charge on any atom is -0.496 e. The molecule has 2 aromatic carbocycles. The van der Waals surface area contributed by atoms with Gasteiger partial charge in [0.05, 0.1) is 39.6 Å². The van der Waals surface area contributed by atoms with Gasteiger partial charge in [0.1, 0.15) is 34.5 Å². The third-order valence-corrected chi connectivity index (χ3v) is 5.25. The first-order valence-electron chi connectivity index (χ1n) is 9.68. The summed E-state index contributed by atoms with van der Waals surface area (Å²) in [5.41, 5.74) is 1.18. The molecule has 0 saturated heterocycles. The summed E-state index contributed by atoms with van der Waals surface area (Å²) in [5, 5.41) is 0.323. The monoisotopic (exact) mass is 424 g/mol. The van der Waals surface area contributed by atoms with Crippen LogP contribution in [0.5, 0.6) is 28.7 Å². The first-order valence-corrected chi connectivity index (χ1v) is 9.68. The van der Waals surface area contributed by atoms with Crippen LogP contribution in [0.25, 0.3) is 28.2 Å². The molecule has 0 amide bonds. The first-order chi connectivity index (χ1) is 14.8. The molecule has 162 valence electrons. The summed E-state index contributed by atoms with van der Waals surface area (Å²) in [7, 11) is 6.09. The van der Waals surface area contributed by atoms with Gasteiger partial charge < -0.3 is 28.1 Å². The van der Waals surface area contributed by atoms with E-state index in [0.29, 0.717) is 56.4 Å². The van der Waals surface area contributed by atoms with E-state index in [2.05, 4.69) is 0 Å². The normalized spacial score (nSPS) is 14.0. The second-order valence-corrected chi connectivity index (χ2v) is 7.62. The van der Waals surface area contributed by atoms with Crippen molar-refractivity contribution in [2.45, 2.75) is 19.4 Å². The maximum absolute atomic E-state index is 13.6. The Kier molecular flexibility index (Phi) is 5.05. The van der Waals surface area contributed by atoms with Crippen molar-refractivity contribution in [2.24, 2.45) is 0 Å². The van der Waals surface area contributed by atoms with E-state index < -0.39 is 5.60 Å². The van der Waals surface area contributed by atoms with Gasteiger partial charge in [-0.15, -0.1) is 0 Å². The Bertz CT molecular complexity index is 1250. The van der Waals surface area contributed by atoms with Gasteiger partial charge in [-0.25, -0.2) is 0 Å². The minimum atomic E-state index is -0.473. The SMILES string of the molecule is COc1cc(OC)c(-c2coc3c4c(cc(OC)c3c2=O)OC(C)(C)C=C4)cc1OC. The second kappa shape index (κ2) is 7.58. The summed E-state index contributed by atoms with van der Waals surface area (Å²) in [5.74, 6) is 2.37. The predicted octanol–water partition coefficient (Wildman–Crippen LogP) is 4.68. The zero-order valence-corrected chi connectivity index (χ0v) is 18.3. The molecule has 0 unspecified atom stereocenters. The lowest BCUT2D eigenvalue weighted by atomic mass is 9.98. The van der Waals surface area contributed by atoms with Crippen LogP contribution in [0.3, 0.4) is 0 Å². The molecule has 1 aromatic heterocycles. The molecule has 0 saturated carbocycles. The van der Waals surface area contributed by atoms with Crippen molar-refractivity contribution in [2.75, 3.05) is 28.4 Å². The van der Waals surface area contributed by atoms with Gasteiger partial charge >= 0.3 is 0 Å². The van der Waals surface area contributed by atoms with E-state index in [-0.39, 0.29) is 5.43 Å². The van der Waals surface area contributed by atoms with Crippen molar-refractivity contribution >= 4 is 17.0 Å². The van der Waals surface area contributed by atoms with Crippen LogP contribution >= 0.6 is 0 Å². The molecule has 0 aliphatic carbocycles. The molecule has 0 spiro atoms. The van der Waals surface area contributed by atoms with E-state index in [4.69, 9.17) is 28.1 Å². The van der Waals surface area contributed by atoms with Crippen LogP contribution in [0.4, 0.5) is 0 Å². The quantitative estimate of drug-likeness (QED) is 0.589. The summed E-state index contributed by atoms with van der Waals surface area (Å²) in [6, 6.07) is 5.07. The molecular weight excluding hydrogens is 400 g/mol. The lowest BCUT2D eigenvalue weighted by Gasteiger charge is -2.28. The molecule has 7 nitrogen and oxygen atoms in total. The highest BCUT2D eigenvalue weighted by atomic mass is 16.5. The largest absolute Gasteiger partial charge is 0.496 e. The fraction of sp³-hybridized carbons (Fsp3) is 0.292. The maximum atomic E-state index is 13.6. The van der Waals surface area contributed by atoms with Gasteiger partial charge in [0.2, 0.25) is 5.43 Å². The zero-order chi connectivity index (χ0) is 22.3. The Morgan fingerprint density at radius 3 is 2.10 bits per heavy atom. The smallest absolute Gasteiger partial charge is 0.204 e. The van der Waals surface area contributed by atoms with Crippen molar-refractivity contribution in [3.05, 3.63) is 46.3 Å². The van der Waals surface area contributed by atoms with Gasteiger partial charge in [0, 0.05) is 17.7 Å². The molecule has 2 heterocycles. The zero-order valence-electron chi connectivity index (χ0n) is 18.3. The summed E-state index contributed by atoms with van der Waals surface area (Å²) in [6.45, 7) is 3.90. The Morgan fingerprint density at radius 2 is 1.45 bits per heavy atom. The lowest BCUT2D eigenvalue weighted by Crippen LogP contribution is -2.27. The molecule has 31 heavy (non-hydrogen) atoms. The van der Waals surface area contributed by atoms with E-state index in [9.17, 15) is 4.79 Å². The van der Waals surface area contributed by atoms with E-state index in [1.807, 2.05) is 26.0 Å². The highest BCUT2D eigenvalue weighted by molar-refractivity contribution is 5.96. The van der Waals surface area contributed by atoms with E-state index >= 15 is 0 Å². The average Bonchev–Trinajstić information content (AvgIpc) is 2.76. The van der Waals surface area contributed by atoms with Crippen LogP contribution in [-0.2, 0) is 0 Å². The molecule has 1 aliphatic heterocycles. The fourth-order valence-electron chi connectivity index (χ4n) is 3.70. The summed E-state index contributed by atoms with van der Waals surface area (Å²) in [6.07, 6.45) is 5.24. The number of ether oxygens (including phenoxy) is 5.